The SMILES string of the molecule is CCCCC/C=C\C/C=C\CCCCCCCCCC(=O)OCCCCCCCCCCCCCCCCCCCCCCCCCCCCCCCCCCCCCCCCCC(=O)NC(COC1OC(CO)C(O)C(O)C1O)C(O)/C=C/CCCCCCCCCCC. The first-order chi connectivity index (χ1) is 46.7. The molecule has 0 saturated carbocycles. The van der Waals surface area contributed by atoms with Crippen LogP contribution in [0.1, 0.15) is 425 Å². The van der Waals surface area contributed by atoms with E-state index in [4.69, 9.17) is 14.2 Å². The lowest BCUT2D eigenvalue weighted by atomic mass is 9.99. The maximum absolute atomic E-state index is 13.1. The average molecular weight is 1340 g/mol. The fourth-order valence-corrected chi connectivity index (χ4v) is 13.5. The van der Waals surface area contributed by atoms with Crippen LogP contribution in [0, 0.1) is 0 Å². The molecule has 1 rings (SSSR count). The van der Waals surface area contributed by atoms with Gasteiger partial charge < -0.3 is 45.1 Å². The van der Waals surface area contributed by atoms with E-state index in [-0.39, 0.29) is 18.5 Å². The molecular weight excluding hydrogens is 1180 g/mol. The van der Waals surface area contributed by atoms with Crippen LogP contribution in [0.4, 0.5) is 0 Å². The third-order valence-corrected chi connectivity index (χ3v) is 20.0. The van der Waals surface area contributed by atoms with E-state index >= 15 is 0 Å². The van der Waals surface area contributed by atoms with E-state index in [1.807, 2.05) is 6.08 Å². The van der Waals surface area contributed by atoms with Crippen molar-refractivity contribution in [3.8, 4) is 0 Å². The number of rotatable bonds is 75. The minimum Gasteiger partial charge on any atom is -0.466 e. The fourth-order valence-electron chi connectivity index (χ4n) is 13.5. The van der Waals surface area contributed by atoms with Gasteiger partial charge in [-0.2, -0.15) is 0 Å². The largest absolute Gasteiger partial charge is 0.466 e. The van der Waals surface area contributed by atoms with Crippen molar-refractivity contribution in [1.82, 2.24) is 5.32 Å². The third-order valence-electron chi connectivity index (χ3n) is 20.0. The number of aliphatic hydroxyl groups excluding tert-OH is 5. The minimum atomic E-state index is -1.57. The maximum atomic E-state index is 13.1. The van der Waals surface area contributed by atoms with Gasteiger partial charge >= 0.3 is 5.97 Å². The van der Waals surface area contributed by atoms with Crippen LogP contribution in [0.3, 0.4) is 0 Å². The summed E-state index contributed by atoms with van der Waals surface area (Å²) in [6.07, 6.45) is 86.3. The lowest BCUT2D eigenvalue weighted by Crippen LogP contribution is -2.60. The Kier molecular flexibility index (Phi) is 69.9. The summed E-state index contributed by atoms with van der Waals surface area (Å²) in [4.78, 5) is 25.2. The van der Waals surface area contributed by atoms with Gasteiger partial charge in [-0.3, -0.25) is 9.59 Å². The monoisotopic (exact) mass is 1340 g/mol. The summed E-state index contributed by atoms with van der Waals surface area (Å²) in [6, 6.07) is -0.804. The smallest absolute Gasteiger partial charge is 0.305 e. The van der Waals surface area contributed by atoms with Gasteiger partial charge in [-0.1, -0.05) is 384 Å². The number of allylic oxidation sites excluding steroid dienone is 5. The summed E-state index contributed by atoms with van der Waals surface area (Å²) in [6.45, 7) is 4.36. The van der Waals surface area contributed by atoms with Crippen LogP contribution in [-0.2, 0) is 23.8 Å². The fraction of sp³-hybridized carbons (Fsp3) is 0.905. The summed E-state index contributed by atoms with van der Waals surface area (Å²) < 4.78 is 16.8. The zero-order valence-corrected chi connectivity index (χ0v) is 62.7. The van der Waals surface area contributed by atoms with Crippen molar-refractivity contribution in [3.63, 3.8) is 0 Å². The third kappa shape index (κ3) is 61.5. The molecule has 0 aromatic heterocycles. The highest BCUT2D eigenvalue weighted by Gasteiger charge is 2.44. The van der Waals surface area contributed by atoms with Gasteiger partial charge in [-0.25, -0.2) is 0 Å². The van der Waals surface area contributed by atoms with Gasteiger partial charge in [-0.15, -0.1) is 0 Å². The molecular formula is C84H159NO10. The summed E-state index contributed by atoms with van der Waals surface area (Å²) in [5, 5.41) is 54.5. The van der Waals surface area contributed by atoms with Gasteiger partial charge in [0.1, 0.15) is 24.4 Å². The second kappa shape index (κ2) is 73.1. The summed E-state index contributed by atoms with van der Waals surface area (Å²) >= 11 is 0. The topological polar surface area (TPSA) is 175 Å². The second-order valence-electron chi connectivity index (χ2n) is 29.2. The van der Waals surface area contributed by atoms with E-state index in [9.17, 15) is 35.1 Å². The minimum absolute atomic E-state index is 0.0112. The number of esters is 1. The summed E-state index contributed by atoms with van der Waals surface area (Å²) in [5.74, 6) is -0.163. The summed E-state index contributed by atoms with van der Waals surface area (Å²) in [5.41, 5.74) is 0. The van der Waals surface area contributed by atoms with Crippen LogP contribution in [-0.4, -0.2) is 100 Å². The molecule has 1 heterocycles. The van der Waals surface area contributed by atoms with E-state index < -0.39 is 49.5 Å². The van der Waals surface area contributed by atoms with Crippen molar-refractivity contribution >= 4 is 11.9 Å². The van der Waals surface area contributed by atoms with Crippen molar-refractivity contribution < 1.29 is 49.3 Å². The quantitative estimate of drug-likeness (QED) is 0.0195. The molecule has 11 heteroatoms. The maximum Gasteiger partial charge on any atom is 0.305 e. The lowest BCUT2D eigenvalue weighted by molar-refractivity contribution is -0.302. The van der Waals surface area contributed by atoms with Gasteiger partial charge in [0.05, 0.1) is 32.0 Å². The molecule has 0 aromatic rings. The summed E-state index contributed by atoms with van der Waals surface area (Å²) in [7, 11) is 0. The lowest BCUT2D eigenvalue weighted by Gasteiger charge is -2.40. The molecule has 6 N–H and O–H groups in total. The molecule has 0 radical (unpaired) electrons. The Labute approximate surface area is 587 Å². The molecule has 560 valence electrons. The molecule has 7 atom stereocenters. The first-order valence-electron chi connectivity index (χ1n) is 41.8. The normalized spacial score (nSPS) is 17.5. The highest BCUT2D eigenvalue weighted by molar-refractivity contribution is 5.76. The van der Waals surface area contributed by atoms with Gasteiger partial charge in [0.2, 0.25) is 5.91 Å². The van der Waals surface area contributed by atoms with Crippen LogP contribution in [0.25, 0.3) is 0 Å². The number of carbonyl (C=O) groups excluding carboxylic acids is 2. The molecule has 1 aliphatic rings. The Morgan fingerprint density at radius 2 is 0.705 bits per heavy atom. The van der Waals surface area contributed by atoms with Crippen LogP contribution >= 0.6 is 0 Å². The molecule has 0 bridgehead atoms. The predicted octanol–water partition coefficient (Wildman–Crippen LogP) is 22.9. The average Bonchev–Trinajstić information content (AvgIpc) is 0.846. The first kappa shape index (κ1) is 90.9. The molecule has 0 aromatic carbocycles. The molecule has 1 amide bonds. The van der Waals surface area contributed by atoms with Crippen molar-refractivity contribution in [2.45, 2.75) is 468 Å². The molecule has 0 aliphatic carbocycles. The number of ether oxygens (including phenoxy) is 3. The number of hydrogen-bond donors (Lipinski definition) is 6. The highest BCUT2D eigenvalue weighted by Crippen LogP contribution is 2.24. The number of amides is 1. The number of nitrogens with one attached hydrogen (secondary N) is 1. The number of unbranched alkanes of at least 4 members (excludes halogenated alkanes) is 57. The molecule has 1 aliphatic heterocycles. The van der Waals surface area contributed by atoms with E-state index in [1.54, 1.807) is 6.08 Å². The van der Waals surface area contributed by atoms with Crippen LogP contribution in [0.2, 0.25) is 0 Å². The van der Waals surface area contributed by atoms with Crippen LogP contribution in [0.15, 0.2) is 36.5 Å². The Balaban J connectivity index is 1.84. The standard InChI is InChI=1S/C84H159NO10/c1-3-5-7-9-11-13-15-16-17-41-45-48-52-56-60-64-68-72-80(89)93-73-69-65-61-57-53-49-46-43-40-38-36-34-32-30-28-26-24-22-20-18-19-21-23-25-27-29-31-33-35-37-39-42-44-47-51-55-59-63-67-71-79(88)85-76(75-94-84-83(92)82(91)81(90)78(74-86)95-84)77(87)70-66-62-58-54-50-14-12-10-8-6-4-2/h11,13,16-17,66,70,76-78,81-84,86-87,90-92H,3-10,12,14-15,18-65,67-69,71-75H2,1-2H3,(H,85,88)/b13-11-,17-16-,70-66+. The predicted molar refractivity (Wildman–Crippen MR) is 403 cm³/mol. The van der Waals surface area contributed by atoms with E-state index in [2.05, 4.69) is 43.5 Å². The molecule has 95 heavy (non-hydrogen) atoms. The Morgan fingerprint density at radius 3 is 1.08 bits per heavy atom. The van der Waals surface area contributed by atoms with E-state index in [0.717, 1.165) is 64.2 Å². The Bertz CT molecular complexity index is 1670. The van der Waals surface area contributed by atoms with Gasteiger partial charge in [0, 0.05) is 12.8 Å². The van der Waals surface area contributed by atoms with Gasteiger partial charge in [-0.05, 0) is 64.2 Å². The molecule has 0 spiro atoms. The van der Waals surface area contributed by atoms with Crippen LogP contribution < -0.4 is 5.32 Å². The highest BCUT2D eigenvalue weighted by atomic mass is 16.7. The number of hydrogen-bond acceptors (Lipinski definition) is 10. The van der Waals surface area contributed by atoms with Crippen molar-refractivity contribution in [1.29, 1.82) is 0 Å². The second-order valence-corrected chi connectivity index (χ2v) is 29.2. The zero-order chi connectivity index (χ0) is 68.6. The van der Waals surface area contributed by atoms with Crippen molar-refractivity contribution in [2.75, 3.05) is 19.8 Å². The number of carbonyl (C=O) groups is 2. The van der Waals surface area contributed by atoms with E-state index in [1.165, 1.54) is 334 Å². The Hall–Kier alpha value is -2.12. The molecule has 11 nitrogen and oxygen atoms in total. The Morgan fingerprint density at radius 1 is 0.389 bits per heavy atom. The van der Waals surface area contributed by atoms with Gasteiger partial charge in [0.25, 0.3) is 0 Å². The van der Waals surface area contributed by atoms with Gasteiger partial charge in [0.15, 0.2) is 6.29 Å². The van der Waals surface area contributed by atoms with E-state index in [0.29, 0.717) is 19.4 Å². The molecule has 7 unspecified atom stereocenters. The van der Waals surface area contributed by atoms with Crippen molar-refractivity contribution in [2.24, 2.45) is 0 Å². The molecule has 1 fully saturated rings. The number of aliphatic hydroxyl groups is 5. The first-order valence-corrected chi connectivity index (χ1v) is 41.8. The van der Waals surface area contributed by atoms with Crippen molar-refractivity contribution in [3.05, 3.63) is 36.5 Å². The van der Waals surface area contributed by atoms with Crippen LogP contribution in [0.5, 0.6) is 0 Å². The zero-order valence-electron chi connectivity index (χ0n) is 62.7. The molecule has 1 saturated heterocycles.